The Kier molecular flexibility index (Phi) is 4.46. The maximum absolute atomic E-state index is 12.4. The molecule has 1 fully saturated rings. The largest absolute Gasteiger partial charge is 0.369 e. The molecule has 22 heavy (non-hydrogen) atoms. The Hall–Kier alpha value is -1.84. The van der Waals surface area contributed by atoms with Gasteiger partial charge in [-0.05, 0) is 18.4 Å². The van der Waals surface area contributed by atoms with Crippen LogP contribution < -0.4 is 5.32 Å². The number of thiophene rings is 1. The van der Waals surface area contributed by atoms with Gasteiger partial charge < -0.3 is 9.64 Å². The number of nitrogens with one attached hydrogen (secondary N) is 1. The third kappa shape index (κ3) is 3.32. The van der Waals surface area contributed by atoms with Gasteiger partial charge in [-0.2, -0.15) is 0 Å². The number of carbonyl (C=O) groups excluding carboxylic acids is 2. The van der Waals surface area contributed by atoms with E-state index < -0.39 is 6.04 Å². The van der Waals surface area contributed by atoms with E-state index in [4.69, 9.17) is 4.74 Å². The summed E-state index contributed by atoms with van der Waals surface area (Å²) >= 11 is 2.84. The Balaban J connectivity index is 1.73. The molecule has 0 bridgehead atoms. The van der Waals surface area contributed by atoms with Crippen LogP contribution in [0.2, 0.25) is 0 Å². The number of carbonyl (C=O) groups is 2. The van der Waals surface area contributed by atoms with E-state index >= 15 is 0 Å². The zero-order valence-corrected chi connectivity index (χ0v) is 13.4. The van der Waals surface area contributed by atoms with E-state index in [1.807, 2.05) is 24.4 Å². The van der Waals surface area contributed by atoms with E-state index in [-0.39, 0.29) is 25.0 Å². The van der Waals surface area contributed by atoms with Crippen molar-refractivity contribution in [1.82, 2.24) is 15.1 Å². The summed E-state index contributed by atoms with van der Waals surface area (Å²) in [5, 5.41) is 13.6. The van der Waals surface area contributed by atoms with Crippen LogP contribution in [-0.4, -0.2) is 46.2 Å². The fourth-order valence-electron chi connectivity index (χ4n) is 2.13. The molecule has 7 nitrogen and oxygen atoms in total. The van der Waals surface area contributed by atoms with Crippen molar-refractivity contribution in [2.45, 2.75) is 19.5 Å². The molecule has 1 unspecified atom stereocenters. The van der Waals surface area contributed by atoms with Crippen molar-refractivity contribution in [3.05, 3.63) is 27.4 Å². The molecule has 2 amide bonds. The topological polar surface area (TPSA) is 84.4 Å². The fourth-order valence-corrected chi connectivity index (χ4v) is 3.42. The number of anilines is 1. The smallest absolute Gasteiger partial charge is 0.251 e. The second kappa shape index (κ2) is 6.51. The predicted molar refractivity (Wildman–Crippen MR) is 82.8 cm³/mol. The van der Waals surface area contributed by atoms with Crippen LogP contribution in [-0.2, 0) is 20.9 Å². The zero-order valence-electron chi connectivity index (χ0n) is 11.8. The molecular formula is C13H14N4O3S2. The highest BCUT2D eigenvalue weighted by Gasteiger charge is 2.34. The number of aryl methyl sites for hydroxylation is 1. The molecule has 1 atom stereocenters. The van der Waals surface area contributed by atoms with Crippen molar-refractivity contribution >= 4 is 39.6 Å². The molecule has 0 spiro atoms. The molecule has 9 heteroatoms. The molecule has 2 aromatic rings. The van der Waals surface area contributed by atoms with Crippen LogP contribution in [0, 0.1) is 6.92 Å². The highest BCUT2D eigenvalue weighted by molar-refractivity contribution is 7.15. The fraction of sp³-hybridized carbons (Fsp3) is 0.385. The van der Waals surface area contributed by atoms with Gasteiger partial charge in [0.2, 0.25) is 11.0 Å². The Morgan fingerprint density at radius 1 is 1.55 bits per heavy atom. The Bertz CT molecular complexity index is 671. The molecule has 1 N–H and O–H groups in total. The average molecular weight is 338 g/mol. The molecule has 0 saturated carbocycles. The Labute approximate surface area is 134 Å². The maximum Gasteiger partial charge on any atom is 0.251 e. The van der Waals surface area contributed by atoms with Crippen molar-refractivity contribution in [1.29, 1.82) is 0 Å². The summed E-state index contributed by atoms with van der Waals surface area (Å²) in [6.07, 6.45) is 0. The van der Waals surface area contributed by atoms with Crippen molar-refractivity contribution < 1.29 is 14.3 Å². The van der Waals surface area contributed by atoms with Gasteiger partial charge >= 0.3 is 0 Å². The van der Waals surface area contributed by atoms with Gasteiger partial charge in [-0.25, -0.2) is 0 Å². The van der Waals surface area contributed by atoms with Crippen LogP contribution in [0.25, 0.3) is 0 Å². The molecule has 1 aliphatic heterocycles. The SMILES string of the molecule is Cc1nnc(NC(=O)C2COCC(=O)N2Cc2cccs2)s1. The number of morpholine rings is 1. The number of hydrogen-bond donors (Lipinski definition) is 1. The van der Waals surface area contributed by atoms with Crippen molar-refractivity contribution in [3.8, 4) is 0 Å². The molecule has 116 valence electrons. The first-order chi connectivity index (χ1) is 10.6. The monoisotopic (exact) mass is 338 g/mol. The van der Waals surface area contributed by atoms with Gasteiger partial charge in [0.25, 0.3) is 5.91 Å². The molecule has 3 heterocycles. The van der Waals surface area contributed by atoms with Gasteiger partial charge in [-0.3, -0.25) is 14.9 Å². The van der Waals surface area contributed by atoms with Gasteiger partial charge in [0, 0.05) is 4.88 Å². The number of hydrogen-bond acceptors (Lipinski definition) is 7. The Morgan fingerprint density at radius 2 is 2.41 bits per heavy atom. The van der Waals surface area contributed by atoms with Crippen molar-refractivity contribution in [2.75, 3.05) is 18.5 Å². The van der Waals surface area contributed by atoms with Crippen LogP contribution in [0.15, 0.2) is 17.5 Å². The van der Waals surface area contributed by atoms with Crippen LogP contribution in [0.4, 0.5) is 5.13 Å². The van der Waals surface area contributed by atoms with Crippen molar-refractivity contribution in [2.24, 2.45) is 0 Å². The standard InChI is InChI=1S/C13H14N4O3S2/c1-8-15-16-13(22-8)14-12(19)10-6-20-7-11(18)17(10)5-9-3-2-4-21-9/h2-4,10H,5-7H2,1H3,(H,14,16,19). The van der Waals surface area contributed by atoms with Gasteiger partial charge in [-0.15, -0.1) is 21.5 Å². The third-order valence-electron chi connectivity index (χ3n) is 3.16. The van der Waals surface area contributed by atoms with E-state index in [1.54, 1.807) is 16.2 Å². The van der Waals surface area contributed by atoms with Crippen LogP contribution in [0.3, 0.4) is 0 Å². The minimum atomic E-state index is -0.660. The summed E-state index contributed by atoms with van der Waals surface area (Å²) in [6.45, 7) is 2.41. The summed E-state index contributed by atoms with van der Waals surface area (Å²) in [4.78, 5) is 27.1. The number of rotatable bonds is 4. The summed E-state index contributed by atoms with van der Waals surface area (Å²) in [7, 11) is 0. The lowest BCUT2D eigenvalue weighted by atomic mass is 10.2. The molecule has 0 aliphatic carbocycles. The molecule has 3 rings (SSSR count). The third-order valence-corrected chi connectivity index (χ3v) is 4.78. The zero-order chi connectivity index (χ0) is 15.5. The first kappa shape index (κ1) is 15.1. The second-order valence-electron chi connectivity index (χ2n) is 4.75. The van der Waals surface area contributed by atoms with E-state index in [2.05, 4.69) is 15.5 Å². The maximum atomic E-state index is 12.4. The number of nitrogens with zero attached hydrogens (tertiary/aromatic N) is 3. The molecule has 1 saturated heterocycles. The normalized spacial score (nSPS) is 18.5. The molecule has 1 aliphatic rings. The summed E-state index contributed by atoms with van der Waals surface area (Å²) in [5.41, 5.74) is 0. The van der Waals surface area contributed by atoms with Crippen molar-refractivity contribution in [3.63, 3.8) is 0 Å². The van der Waals surface area contributed by atoms with E-state index in [9.17, 15) is 9.59 Å². The second-order valence-corrected chi connectivity index (χ2v) is 6.96. The van der Waals surface area contributed by atoms with Crippen LogP contribution in [0.1, 0.15) is 9.88 Å². The first-order valence-corrected chi connectivity index (χ1v) is 8.33. The molecule has 0 aromatic carbocycles. The van der Waals surface area contributed by atoms with E-state index in [1.165, 1.54) is 11.3 Å². The van der Waals surface area contributed by atoms with Gasteiger partial charge in [-0.1, -0.05) is 17.4 Å². The average Bonchev–Trinajstić information content (AvgIpc) is 3.13. The summed E-state index contributed by atoms with van der Waals surface area (Å²) < 4.78 is 5.23. The summed E-state index contributed by atoms with van der Waals surface area (Å²) in [6, 6.07) is 3.20. The quantitative estimate of drug-likeness (QED) is 0.908. The van der Waals surface area contributed by atoms with Crippen LogP contribution >= 0.6 is 22.7 Å². The Morgan fingerprint density at radius 3 is 3.09 bits per heavy atom. The lowest BCUT2D eigenvalue weighted by Crippen LogP contribution is -2.54. The van der Waals surface area contributed by atoms with Gasteiger partial charge in [0.1, 0.15) is 17.7 Å². The van der Waals surface area contributed by atoms with Gasteiger partial charge in [0.05, 0.1) is 13.2 Å². The minimum absolute atomic E-state index is 0.00701. The first-order valence-electron chi connectivity index (χ1n) is 6.64. The summed E-state index contributed by atoms with van der Waals surface area (Å²) in [5.74, 6) is -0.492. The highest BCUT2D eigenvalue weighted by Crippen LogP contribution is 2.19. The van der Waals surface area contributed by atoms with Crippen LogP contribution in [0.5, 0.6) is 0 Å². The molecular weight excluding hydrogens is 324 g/mol. The van der Waals surface area contributed by atoms with Gasteiger partial charge in [0.15, 0.2) is 0 Å². The number of aromatic nitrogens is 2. The highest BCUT2D eigenvalue weighted by atomic mass is 32.1. The van der Waals surface area contributed by atoms with E-state index in [0.717, 1.165) is 9.88 Å². The van der Waals surface area contributed by atoms with E-state index in [0.29, 0.717) is 11.7 Å². The molecule has 2 aromatic heterocycles. The lowest BCUT2D eigenvalue weighted by Gasteiger charge is -2.33. The minimum Gasteiger partial charge on any atom is -0.369 e. The number of ether oxygens (including phenoxy) is 1. The molecule has 0 radical (unpaired) electrons. The number of amides is 2. The predicted octanol–water partition coefficient (Wildman–Crippen LogP) is 1.27. The lowest BCUT2D eigenvalue weighted by molar-refractivity contribution is -0.153.